The second kappa shape index (κ2) is 7.56. The number of rotatable bonds is 6. The maximum absolute atomic E-state index is 6.12. The van der Waals surface area contributed by atoms with Crippen LogP contribution in [0, 0.1) is 5.92 Å². The van der Waals surface area contributed by atoms with Crippen LogP contribution in [0.2, 0.25) is 5.02 Å². The molecule has 1 aromatic carbocycles. The van der Waals surface area contributed by atoms with E-state index in [1.165, 1.54) is 41.9 Å². The minimum Gasteiger partial charge on any atom is -0.310 e. The fraction of sp³-hybridized carbons (Fsp3) is 0.625. The smallest absolute Gasteiger partial charge is 0.0410 e. The van der Waals surface area contributed by atoms with Gasteiger partial charge in [0.15, 0.2) is 0 Å². The Balaban J connectivity index is 1.96. The molecule has 1 saturated carbocycles. The molecule has 0 radical (unpaired) electrons. The van der Waals surface area contributed by atoms with E-state index in [2.05, 4.69) is 31.3 Å². The second-order valence-electron chi connectivity index (χ2n) is 5.75. The number of hydrogen-bond donors (Lipinski definition) is 1. The topological polar surface area (TPSA) is 12.0 Å². The van der Waals surface area contributed by atoms with E-state index in [0.717, 1.165) is 17.5 Å². The first-order valence-electron chi connectivity index (χ1n) is 7.30. The summed E-state index contributed by atoms with van der Waals surface area (Å²) in [4.78, 5) is 1.39. The number of thioether (sulfide) groups is 1. The van der Waals surface area contributed by atoms with Gasteiger partial charge >= 0.3 is 0 Å². The zero-order valence-electron chi connectivity index (χ0n) is 11.9. The predicted molar refractivity (Wildman–Crippen MR) is 86.1 cm³/mol. The van der Waals surface area contributed by atoms with Gasteiger partial charge in [0.1, 0.15) is 0 Å². The SMILES string of the molecule is CC(C)NCc1cc(Cl)ccc1SCC1CCCC1. The molecule has 1 aromatic rings. The molecule has 1 N–H and O–H groups in total. The van der Waals surface area contributed by atoms with Gasteiger partial charge in [-0.05, 0) is 42.5 Å². The molecular formula is C16H24ClNS. The molecule has 1 aliphatic carbocycles. The van der Waals surface area contributed by atoms with Crippen molar-refractivity contribution in [3.63, 3.8) is 0 Å². The number of nitrogens with one attached hydrogen (secondary N) is 1. The van der Waals surface area contributed by atoms with Crippen molar-refractivity contribution in [2.45, 2.75) is 57.0 Å². The molecule has 0 aliphatic heterocycles. The van der Waals surface area contributed by atoms with Gasteiger partial charge in [-0.2, -0.15) is 0 Å². The van der Waals surface area contributed by atoms with Crippen LogP contribution in [-0.4, -0.2) is 11.8 Å². The minimum absolute atomic E-state index is 0.506. The molecule has 19 heavy (non-hydrogen) atoms. The zero-order valence-corrected chi connectivity index (χ0v) is 13.5. The molecule has 2 rings (SSSR count). The number of benzene rings is 1. The van der Waals surface area contributed by atoms with Crippen LogP contribution >= 0.6 is 23.4 Å². The first-order chi connectivity index (χ1) is 9.15. The molecule has 0 aromatic heterocycles. The van der Waals surface area contributed by atoms with Gasteiger partial charge in [0.2, 0.25) is 0 Å². The Labute approximate surface area is 126 Å². The van der Waals surface area contributed by atoms with Gasteiger partial charge in [0.05, 0.1) is 0 Å². The summed E-state index contributed by atoms with van der Waals surface area (Å²) in [6, 6.07) is 6.80. The predicted octanol–water partition coefficient (Wildman–Crippen LogP) is 5.12. The van der Waals surface area contributed by atoms with Gasteiger partial charge in [0, 0.05) is 28.3 Å². The summed E-state index contributed by atoms with van der Waals surface area (Å²) in [5, 5.41) is 4.32. The third kappa shape index (κ3) is 5.02. The molecule has 3 heteroatoms. The lowest BCUT2D eigenvalue weighted by molar-refractivity contribution is 0.584. The molecule has 1 fully saturated rings. The van der Waals surface area contributed by atoms with E-state index < -0.39 is 0 Å². The highest BCUT2D eigenvalue weighted by molar-refractivity contribution is 7.99. The molecular weight excluding hydrogens is 274 g/mol. The normalized spacial score (nSPS) is 16.4. The Kier molecular flexibility index (Phi) is 6.06. The maximum atomic E-state index is 6.12. The molecule has 0 spiro atoms. The van der Waals surface area contributed by atoms with Crippen LogP contribution in [0.15, 0.2) is 23.1 Å². The lowest BCUT2D eigenvalue weighted by atomic mass is 10.1. The van der Waals surface area contributed by atoms with Crippen LogP contribution in [0.4, 0.5) is 0 Å². The number of halogens is 1. The first kappa shape index (κ1) is 15.2. The molecule has 0 unspecified atom stereocenters. The van der Waals surface area contributed by atoms with Crippen LogP contribution in [0.25, 0.3) is 0 Å². The summed E-state index contributed by atoms with van der Waals surface area (Å²) in [5.74, 6) is 2.18. The molecule has 106 valence electrons. The molecule has 1 aliphatic rings. The lowest BCUT2D eigenvalue weighted by Gasteiger charge is -2.14. The van der Waals surface area contributed by atoms with Gasteiger partial charge in [-0.3, -0.25) is 0 Å². The fourth-order valence-corrected chi connectivity index (χ4v) is 3.95. The summed E-state index contributed by atoms with van der Waals surface area (Å²) in [6.45, 7) is 5.26. The standard InChI is InChI=1S/C16H24ClNS/c1-12(2)18-10-14-9-15(17)7-8-16(14)19-11-13-5-3-4-6-13/h7-9,12-13,18H,3-6,10-11H2,1-2H3. The average Bonchev–Trinajstić information content (AvgIpc) is 2.88. The van der Waals surface area contributed by atoms with Crippen LogP contribution in [0.3, 0.4) is 0 Å². The second-order valence-corrected chi connectivity index (χ2v) is 7.25. The van der Waals surface area contributed by atoms with Crippen LogP contribution in [0.5, 0.6) is 0 Å². The van der Waals surface area contributed by atoms with Crippen molar-refractivity contribution in [2.24, 2.45) is 5.92 Å². The van der Waals surface area contributed by atoms with E-state index in [-0.39, 0.29) is 0 Å². The first-order valence-corrected chi connectivity index (χ1v) is 8.66. The monoisotopic (exact) mass is 297 g/mol. The fourth-order valence-electron chi connectivity index (χ4n) is 2.53. The Morgan fingerprint density at radius 2 is 2.05 bits per heavy atom. The lowest BCUT2D eigenvalue weighted by Crippen LogP contribution is -2.22. The van der Waals surface area contributed by atoms with Crippen LogP contribution < -0.4 is 5.32 Å². The van der Waals surface area contributed by atoms with Crippen molar-refractivity contribution in [1.29, 1.82) is 0 Å². The van der Waals surface area contributed by atoms with Crippen LogP contribution in [-0.2, 0) is 6.54 Å². The maximum Gasteiger partial charge on any atom is 0.0410 e. The summed E-state index contributed by atoms with van der Waals surface area (Å²) in [5.41, 5.74) is 1.34. The highest BCUT2D eigenvalue weighted by atomic mass is 35.5. The Bertz CT molecular complexity index is 400. The molecule has 0 atom stereocenters. The largest absolute Gasteiger partial charge is 0.310 e. The molecule has 0 heterocycles. The van der Waals surface area contributed by atoms with E-state index in [9.17, 15) is 0 Å². The third-order valence-corrected chi connectivity index (χ3v) is 5.26. The van der Waals surface area contributed by atoms with E-state index >= 15 is 0 Å². The third-order valence-electron chi connectivity index (χ3n) is 3.67. The Morgan fingerprint density at radius 3 is 2.74 bits per heavy atom. The van der Waals surface area contributed by atoms with Gasteiger partial charge in [-0.1, -0.05) is 38.3 Å². The Morgan fingerprint density at radius 1 is 1.32 bits per heavy atom. The minimum atomic E-state index is 0.506. The molecule has 1 nitrogen and oxygen atoms in total. The van der Waals surface area contributed by atoms with E-state index in [1.54, 1.807) is 0 Å². The highest BCUT2D eigenvalue weighted by Gasteiger charge is 2.16. The van der Waals surface area contributed by atoms with Crippen molar-refractivity contribution in [3.8, 4) is 0 Å². The summed E-state index contributed by atoms with van der Waals surface area (Å²) < 4.78 is 0. The van der Waals surface area contributed by atoms with Crippen molar-refractivity contribution < 1.29 is 0 Å². The summed E-state index contributed by atoms with van der Waals surface area (Å²) in [6.07, 6.45) is 5.68. The molecule has 0 saturated heterocycles. The number of hydrogen-bond acceptors (Lipinski definition) is 2. The van der Waals surface area contributed by atoms with Crippen LogP contribution in [0.1, 0.15) is 45.1 Å². The van der Waals surface area contributed by atoms with Gasteiger partial charge < -0.3 is 5.32 Å². The van der Waals surface area contributed by atoms with Gasteiger partial charge in [-0.15, -0.1) is 11.8 Å². The zero-order chi connectivity index (χ0) is 13.7. The van der Waals surface area contributed by atoms with Crippen molar-refractivity contribution in [1.82, 2.24) is 5.32 Å². The van der Waals surface area contributed by atoms with E-state index in [4.69, 9.17) is 11.6 Å². The molecule has 0 bridgehead atoms. The van der Waals surface area contributed by atoms with Crippen molar-refractivity contribution in [3.05, 3.63) is 28.8 Å². The highest BCUT2D eigenvalue weighted by Crippen LogP contribution is 2.33. The van der Waals surface area contributed by atoms with E-state index in [0.29, 0.717) is 6.04 Å². The summed E-state index contributed by atoms with van der Waals surface area (Å²) in [7, 11) is 0. The quantitative estimate of drug-likeness (QED) is 0.731. The Hall–Kier alpha value is -0.180. The molecule has 0 amide bonds. The van der Waals surface area contributed by atoms with Crippen molar-refractivity contribution >= 4 is 23.4 Å². The van der Waals surface area contributed by atoms with Gasteiger partial charge in [-0.25, -0.2) is 0 Å². The summed E-state index contributed by atoms with van der Waals surface area (Å²) >= 11 is 8.13. The van der Waals surface area contributed by atoms with Crippen molar-refractivity contribution in [2.75, 3.05) is 5.75 Å². The van der Waals surface area contributed by atoms with E-state index in [1.807, 2.05) is 17.8 Å². The average molecular weight is 298 g/mol. The van der Waals surface area contributed by atoms with Gasteiger partial charge in [0.25, 0.3) is 0 Å².